The summed E-state index contributed by atoms with van der Waals surface area (Å²) in [4.78, 5) is 39.6. The van der Waals surface area contributed by atoms with Crippen LogP contribution in [0.15, 0.2) is 63.2 Å². The fourth-order valence-electron chi connectivity index (χ4n) is 3.97. The van der Waals surface area contributed by atoms with Crippen molar-refractivity contribution in [2.45, 2.75) is 65.5 Å². The maximum atomic E-state index is 12.6. The third kappa shape index (κ3) is 5.13. The van der Waals surface area contributed by atoms with E-state index in [9.17, 15) is 14.4 Å². The van der Waals surface area contributed by atoms with Crippen molar-refractivity contribution in [3.63, 3.8) is 0 Å². The standard InChI is InChI=1S/C25H31N3O3/c1-16(2)27-12-11-21(19(5)25(27)31)14-18(4)28-15-20(9-10-24(28)30)13-17(3)22-7-6-8-23(29)26-22/h6-12,15-18H,13-14H2,1-5H3,(H,26,29). The van der Waals surface area contributed by atoms with E-state index in [1.165, 1.54) is 6.07 Å². The van der Waals surface area contributed by atoms with E-state index in [-0.39, 0.29) is 34.7 Å². The second kappa shape index (κ2) is 9.33. The lowest BCUT2D eigenvalue weighted by molar-refractivity contribution is 0.517. The molecule has 0 aromatic carbocycles. The molecule has 2 unspecified atom stereocenters. The smallest absolute Gasteiger partial charge is 0.253 e. The maximum absolute atomic E-state index is 12.6. The van der Waals surface area contributed by atoms with Gasteiger partial charge in [-0.2, -0.15) is 0 Å². The predicted molar refractivity (Wildman–Crippen MR) is 124 cm³/mol. The number of nitrogens with zero attached hydrogens (tertiary/aromatic N) is 2. The summed E-state index contributed by atoms with van der Waals surface area (Å²) in [5.74, 6) is 0.112. The van der Waals surface area contributed by atoms with Gasteiger partial charge < -0.3 is 14.1 Å². The van der Waals surface area contributed by atoms with E-state index in [0.29, 0.717) is 12.8 Å². The monoisotopic (exact) mass is 421 g/mol. The van der Waals surface area contributed by atoms with Crippen LogP contribution in [-0.4, -0.2) is 14.1 Å². The molecule has 0 saturated heterocycles. The van der Waals surface area contributed by atoms with Crippen LogP contribution < -0.4 is 16.7 Å². The van der Waals surface area contributed by atoms with Crippen LogP contribution in [0.4, 0.5) is 0 Å². The van der Waals surface area contributed by atoms with E-state index < -0.39 is 0 Å². The van der Waals surface area contributed by atoms with Gasteiger partial charge in [0.05, 0.1) is 0 Å². The van der Waals surface area contributed by atoms with Gasteiger partial charge in [0.2, 0.25) is 5.56 Å². The normalized spacial score (nSPS) is 13.4. The molecule has 0 aliphatic carbocycles. The Bertz CT molecular complexity index is 1230. The Morgan fingerprint density at radius 3 is 2.32 bits per heavy atom. The molecule has 0 spiro atoms. The van der Waals surface area contributed by atoms with Gasteiger partial charge in [-0.25, -0.2) is 0 Å². The van der Waals surface area contributed by atoms with Crippen molar-refractivity contribution in [2.24, 2.45) is 0 Å². The highest BCUT2D eigenvalue weighted by Gasteiger charge is 2.15. The Hall–Kier alpha value is -3.15. The van der Waals surface area contributed by atoms with Crippen LogP contribution in [0.5, 0.6) is 0 Å². The summed E-state index contributed by atoms with van der Waals surface area (Å²) in [6, 6.07) is 10.6. The molecule has 6 nitrogen and oxygen atoms in total. The molecule has 0 aliphatic heterocycles. The summed E-state index contributed by atoms with van der Waals surface area (Å²) in [6.45, 7) is 9.87. The average molecular weight is 422 g/mol. The van der Waals surface area contributed by atoms with E-state index in [2.05, 4.69) is 11.9 Å². The van der Waals surface area contributed by atoms with Gasteiger partial charge in [-0.3, -0.25) is 14.4 Å². The lowest BCUT2D eigenvalue weighted by Gasteiger charge is -2.19. The molecule has 164 valence electrons. The largest absolute Gasteiger partial charge is 0.326 e. The number of hydrogen-bond acceptors (Lipinski definition) is 3. The molecule has 0 radical (unpaired) electrons. The van der Waals surface area contributed by atoms with Gasteiger partial charge in [0.25, 0.3) is 11.1 Å². The average Bonchev–Trinajstić information content (AvgIpc) is 2.72. The van der Waals surface area contributed by atoms with Crippen molar-refractivity contribution in [3.05, 3.63) is 102 Å². The quantitative estimate of drug-likeness (QED) is 0.631. The molecule has 3 aromatic heterocycles. The van der Waals surface area contributed by atoms with Crippen LogP contribution in [0.1, 0.15) is 68.1 Å². The second-order valence-electron chi connectivity index (χ2n) is 8.68. The molecule has 1 N–H and O–H groups in total. The van der Waals surface area contributed by atoms with Gasteiger partial charge >= 0.3 is 0 Å². The molecule has 0 bridgehead atoms. The number of aromatic nitrogens is 3. The lowest BCUT2D eigenvalue weighted by Crippen LogP contribution is -2.27. The topological polar surface area (TPSA) is 76.9 Å². The molecule has 3 heterocycles. The SMILES string of the molecule is Cc1c(CC(C)n2cc(CC(C)c3cccc(=O)[nH]3)ccc2=O)ccn(C(C)C)c1=O. The van der Waals surface area contributed by atoms with Crippen molar-refractivity contribution < 1.29 is 0 Å². The number of H-pyrrole nitrogens is 1. The number of rotatable bonds is 7. The summed E-state index contributed by atoms with van der Waals surface area (Å²) >= 11 is 0. The highest BCUT2D eigenvalue weighted by atomic mass is 16.1. The molecule has 0 amide bonds. The maximum Gasteiger partial charge on any atom is 0.253 e. The Kier molecular flexibility index (Phi) is 6.78. The zero-order valence-corrected chi connectivity index (χ0v) is 18.9. The zero-order chi connectivity index (χ0) is 22.7. The van der Waals surface area contributed by atoms with Crippen LogP contribution in [0.25, 0.3) is 0 Å². The van der Waals surface area contributed by atoms with Crippen LogP contribution in [0.2, 0.25) is 0 Å². The van der Waals surface area contributed by atoms with Crippen molar-refractivity contribution in [1.82, 2.24) is 14.1 Å². The van der Waals surface area contributed by atoms with Crippen molar-refractivity contribution in [2.75, 3.05) is 0 Å². The fourth-order valence-corrected chi connectivity index (χ4v) is 3.97. The zero-order valence-electron chi connectivity index (χ0n) is 18.9. The lowest BCUT2D eigenvalue weighted by atomic mass is 9.98. The van der Waals surface area contributed by atoms with Crippen LogP contribution in [-0.2, 0) is 12.8 Å². The van der Waals surface area contributed by atoms with Crippen molar-refractivity contribution in [1.29, 1.82) is 0 Å². The van der Waals surface area contributed by atoms with Gasteiger partial charge in [0.1, 0.15) is 0 Å². The summed E-state index contributed by atoms with van der Waals surface area (Å²) in [5.41, 5.74) is 3.43. The van der Waals surface area contributed by atoms with Crippen LogP contribution in [0, 0.1) is 6.92 Å². The minimum Gasteiger partial charge on any atom is -0.326 e. The third-order valence-corrected chi connectivity index (χ3v) is 5.88. The van der Waals surface area contributed by atoms with E-state index in [0.717, 1.165) is 22.4 Å². The Balaban J connectivity index is 1.83. The Morgan fingerprint density at radius 1 is 0.903 bits per heavy atom. The van der Waals surface area contributed by atoms with Crippen molar-refractivity contribution in [3.8, 4) is 0 Å². The van der Waals surface area contributed by atoms with Crippen LogP contribution >= 0.6 is 0 Å². The predicted octanol–water partition coefficient (Wildman–Crippen LogP) is 3.74. The highest BCUT2D eigenvalue weighted by Crippen LogP contribution is 2.19. The summed E-state index contributed by atoms with van der Waals surface area (Å²) in [6.07, 6.45) is 5.04. The highest BCUT2D eigenvalue weighted by molar-refractivity contribution is 5.24. The summed E-state index contributed by atoms with van der Waals surface area (Å²) in [5, 5.41) is 0. The number of aromatic amines is 1. The molecule has 0 fully saturated rings. The molecule has 6 heteroatoms. The molecule has 0 saturated carbocycles. The van der Waals surface area contributed by atoms with Gasteiger partial charge in [0, 0.05) is 53.8 Å². The number of pyridine rings is 3. The van der Waals surface area contributed by atoms with Gasteiger partial charge in [-0.05, 0) is 63.8 Å². The molecular formula is C25H31N3O3. The molecule has 0 aliphatic rings. The number of hydrogen-bond donors (Lipinski definition) is 1. The Morgan fingerprint density at radius 2 is 1.65 bits per heavy atom. The molecule has 2 atom stereocenters. The first-order valence-electron chi connectivity index (χ1n) is 10.8. The first kappa shape index (κ1) is 22.5. The third-order valence-electron chi connectivity index (χ3n) is 5.88. The van der Waals surface area contributed by atoms with Crippen molar-refractivity contribution >= 4 is 0 Å². The van der Waals surface area contributed by atoms with E-state index in [1.807, 2.05) is 58.3 Å². The molecule has 3 aromatic rings. The summed E-state index contributed by atoms with van der Waals surface area (Å²) in [7, 11) is 0. The van der Waals surface area contributed by atoms with Gasteiger partial charge in [-0.15, -0.1) is 0 Å². The Labute approximate surface area is 182 Å². The first-order valence-corrected chi connectivity index (χ1v) is 10.8. The van der Waals surface area contributed by atoms with E-state index in [1.54, 1.807) is 21.3 Å². The first-order chi connectivity index (χ1) is 14.7. The fraction of sp³-hybridized carbons (Fsp3) is 0.400. The molecular weight excluding hydrogens is 390 g/mol. The van der Waals surface area contributed by atoms with Gasteiger partial charge in [-0.1, -0.05) is 19.1 Å². The minimum atomic E-state index is -0.113. The summed E-state index contributed by atoms with van der Waals surface area (Å²) < 4.78 is 3.47. The molecule has 3 rings (SSSR count). The van der Waals surface area contributed by atoms with Crippen LogP contribution in [0.3, 0.4) is 0 Å². The van der Waals surface area contributed by atoms with E-state index in [4.69, 9.17) is 0 Å². The molecule has 31 heavy (non-hydrogen) atoms. The second-order valence-corrected chi connectivity index (χ2v) is 8.68. The number of nitrogens with one attached hydrogen (secondary N) is 1. The minimum absolute atomic E-state index is 0.0199. The van der Waals surface area contributed by atoms with E-state index >= 15 is 0 Å². The van der Waals surface area contributed by atoms with Gasteiger partial charge in [0.15, 0.2) is 0 Å².